The van der Waals surface area contributed by atoms with Crippen molar-refractivity contribution in [2.24, 2.45) is 0 Å². The van der Waals surface area contributed by atoms with Crippen molar-refractivity contribution in [3.8, 4) is 0 Å². The van der Waals surface area contributed by atoms with Crippen LogP contribution < -0.4 is 5.32 Å². The first-order chi connectivity index (χ1) is 10.0. The molecule has 118 valence electrons. The van der Waals surface area contributed by atoms with E-state index < -0.39 is 11.6 Å². The van der Waals surface area contributed by atoms with Crippen LogP contribution in [0.3, 0.4) is 0 Å². The smallest absolute Gasteiger partial charge is 0.163 e. The number of nitrogens with zero attached hydrogens (tertiary/aromatic N) is 1. The Balaban J connectivity index is 2.01. The molecule has 0 bridgehead atoms. The van der Waals surface area contributed by atoms with Crippen LogP contribution in [0, 0.1) is 11.6 Å². The molecule has 0 saturated carbocycles. The van der Waals surface area contributed by atoms with Gasteiger partial charge in [-0.1, -0.05) is 12.1 Å². The van der Waals surface area contributed by atoms with Gasteiger partial charge < -0.3 is 10.1 Å². The van der Waals surface area contributed by atoms with E-state index in [2.05, 4.69) is 24.1 Å². The molecule has 1 fully saturated rings. The van der Waals surface area contributed by atoms with Gasteiger partial charge in [-0.25, -0.2) is 8.78 Å². The summed E-state index contributed by atoms with van der Waals surface area (Å²) in [6, 6.07) is 4.52. The van der Waals surface area contributed by atoms with Crippen LogP contribution in [0.25, 0.3) is 0 Å². The van der Waals surface area contributed by atoms with Gasteiger partial charge in [0.2, 0.25) is 0 Å². The van der Waals surface area contributed by atoms with Crippen LogP contribution in [0.1, 0.15) is 31.9 Å². The maximum Gasteiger partial charge on any atom is 0.163 e. The number of hydrogen-bond donors (Lipinski definition) is 1. The first-order valence-electron chi connectivity index (χ1n) is 7.49. The van der Waals surface area contributed by atoms with Crippen molar-refractivity contribution in [3.63, 3.8) is 0 Å². The van der Waals surface area contributed by atoms with E-state index in [0.29, 0.717) is 11.6 Å². The minimum Gasteiger partial charge on any atom is -0.376 e. The fourth-order valence-electron chi connectivity index (χ4n) is 2.82. The van der Waals surface area contributed by atoms with Gasteiger partial charge in [-0.3, -0.25) is 4.90 Å². The molecular formula is C16H24F2N2O. The average molecular weight is 298 g/mol. The summed E-state index contributed by atoms with van der Waals surface area (Å²) in [5, 5.41) is 3.09. The zero-order valence-electron chi connectivity index (χ0n) is 12.9. The molecule has 3 nitrogen and oxygen atoms in total. The van der Waals surface area contributed by atoms with Crippen molar-refractivity contribution < 1.29 is 13.5 Å². The Morgan fingerprint density at radius 1 is 1.38 bits per heavy atom. The fraction of sp³-hybridized carbons (Fsp3) is 0.625. The van der Waals surface area contributed by atoms with E-state index in [1.807, 2.05) is 0 Å². The van der Waals surface area contributed by atoms with E-state index in [0.717, 1.165) is 32.2 Å². The quantitative estimate of drug-likeness (QED) is 0.904. The van der Waals surface area contributed by atoms with Gasteiger partial charge in [-0.2, -0.15) is 0 Å². The van der Waals surface area contributed by atoms with Gasteiger partial charge in [0.15, 0.2) is 11.6 Å². The van der Waals surface area contributed by atoms with Gasteiger partial charge in [0.1, 0.15) is 0 Å². The monoisotopic (exact) mass is 298 g/mol. The lowest BCUT2D eigenvalue weighted by atomic mass is 10.0. The summed E-state index contributed by atoms with van der Waals surface area (Å²) in [5.74, 6) is -1.54. The number of nitrogens with one attached hydrogen (secondary N) is 1. The molecule has 1 aliphatic rings. The predicted molar refractivity (Wildman–Crippen MR) is 79.2 cm³/mol. The second-order valence-electron chi connectivity index (χ2n) is 5.76. The SMILES string of the molecule is CNC(CCN1CC(C)OCC1C)c1cccc(F)c1F. The van der Waals surface area contributed by atoms with Gasteiger partial charge in [-0.15, -0.1) is 0 Å². The highest BCUT2D eigenvalue weighted by Gasteiger charge is 2.25. The molecule has 0 amide bonds. The maximum absolute atomic E-state index is 13.9. The summed E-state index contributed by atoms with van der Waals surface area (Å²) in [7, 11) is 1.78. The topological polar surface area (TPSA) is 24.5 Å². The number of morpholine rings is 1. The van der Waals surface area contributed by atoms with Crippen LogP contribution in [0.5, 0.6) is 0 Å². The molecule has 0 aliphatic carbocycles. The molecule has 3 atom stereocenters. The molecule has 3 unspecified atom stereocenters. The molecule has 1 N–H and O–H groups in total. The molecule has 0 spiro atoms. The van der Waals surface area contributed by atoms with Crippen molar-refractivity contribution in [1.82, 2.24) is 10.2 Å². The predicted octanol–water partition coefficient (Wildman–Crippen LogP) is 2.72. The van der Waals surface area contributed by atoms with Gasteiger partial charge in [0.05, 0.1) is 12.7 Å². The lowest BCUT2D eigenvalue weighted by Gasteiger charge is -2.37. The molecular weight excluding hydrogens is 274 g/mol. The normalized spacial score (nSPS) is 25.0. The van der Waals surface area contributed by atoms with Crippen molar-refractivity contribution in [2.75, 3.05) is 26.7 Å². The van der Waals surface area contributed by atoms with E-state index in [1.54, 1.807) is 19.2 Å². The number of benzene rings is 1. The van der Waals surface area contributed by atoms with Crippen LogP contribution in [0.2, 0.25) is 0 Å². The zero-order valence-corrected chi connectivity index (χ0v) is 12.9. The van der Waals surface area contributed by atoms with Gasteiger partial charge in [-0.05, 0) is 33.4 Å². The van der Waals surface area contributed by atoms with Crippen LogP contribution in [0.4, 0.5) is 8.78 Å². The standard InChI is InChI=1S/C16H24F2N2O/c1-11-10-21-12(2)9-20(11)8-7-15(19-3)13-5-4-6-14(17)16(13)18/h4-6,11-12,15,19H,7-10H2,1-3H3. The Morgan fingerprint density at radius 2 is 2.14 bits per heavy atom. The van der Waals surface area contributed by atoms with Crippen LogP contribution in [-0.2, 0) is 4.74 Å². The van der Waals surface area contributed by atoms with Crippen molar-refractivity contribution in [1.29, 1.82) is 0 Å². The molecule has 1 saturated heterocycles. The highest BCUT2D eigenvalue weighted by molar-refractivity contribution is 5.22. The summed E-state index contributed by atoms with van der Waals surface area (Å²) in [4.78, 5) is 2.34. The molecule has 1 aliphatic heterocycles. The Hall–Kier alpha value is -1.04. The Morgan fingerprint density at radius 3 is 2.86 bits per heavy atom. The van der Waals surface area contributed by atoms with Crippen molar-refractivity contribution in [2.45, 2.75) is 38.5 Å². The zero-order chi connectivity index (χ0) is 15.4. The molecule has 0 aromatic heterocycles. The van der Waals surface area contributed by atoms with Gasteiger partial charge >= 0.3 is 0 Å². The number of hydrogen-bond acceptors (Lipinski definition) is 3. The molecule has 5 heteroatoms. The molecule has 1 aromatic carbocycles. The Bertz CT molecular complexity index is 470. The van der Waals surface area contributed by atoms with E-state index in [1.165, 1.54) is 0 Å². The Kier molecular flexibility index (Phi) is 5.67. The summed E-state index contributed by atoms with van der Waals surface area (Å²) >= 11 is 0. The van der Waals surface area contributed by atoms with Gasteiger partial charge in [0.25, 0.3) is 0 Å². The molecule has 1 aromatic rings. The number of halogens is 2. The lowest BCUT2D eigenvalue weighted by molar-refractivity contribution is -0.0502. The third-order valence-electron chi connectivity index (χ3n) is 4.15. The van der Waals surface area contributed by atoms with E-state index >= 15 is 0 Å². The molecule has 0 radical (unpaired) electrons. The second kappa shape index (κ2) is 7.29. The molecule has 1 heterocycles. The summed E-state index contributed by atoms with van der Waals surface area (Å²) < 4.78 is 32.9. The second-order valence-corrected chi connectivity index (χ2v) is 5.76. The van der Waals surface area contributed by atoms with Crippen LogP contribution in [0.15, 0.2) is 18.2 Å². The summed E-state index contributed by atoms with van der Waals surface area (Å²) in [6.45, 7) is 6.61. The van der Waals surface area contributed by atoms with E-state index in [4.69, 9.17) is 4.74 Å². The van der Waals surface area contributed by atoms with E-state index in [-0.39, 0.29) is 12.1 Å². The van der Waals surface area contributed by atoms with Crippen molar-refractivity contribution in [3.05, 3.63) is 35.4 Å². The highest BCUT2D eigenvalue weighted by Crippen LogP contribution is 2.23. The van der Waals surface area contributed by atoms with Gasteiger partial charge in [0, 0.05) is 30.7 Å². The number of rotatable bonds is 5. The average Bonchev–Trinajstić information content (AvgIpc) is 2.47. The Labute approximate surface area is 125 Å². The highest BCUT2D eigenvalue weighted by atomic mass is 19.2. The fourth-order valence-corrected chi connectivity index (χ4v) is 2.82. The summed E-state index contributed by atoms with van der Waals surface area (Å²) in [6.07, 6.45) is 0.952. The largest absolute Gasteiger partial charge is 0.376 e. The third-order valence-corrected chi connectivity index (χ3v) is 4.15. The first kappa shape index (κ1) is 16.3. The molecule has 21 heavy (non-hydrogen) atoms. The molecule has 2 rings (SSSR count). The maximum atomic E-state index is 13.9. The van der Waals surface area contributed by atoms with Crippen LogP contribution in [-0.4, -0.2) is 43.8 Å². The summed E-state index contributed by atoms with van der Waals surface area (Å²) in [5.41, 5.74) is 0.395. The first-order valence-corrected chi connectivity index (χ1v) is 7.49. The minimum absolute atomic E-state index is 0.189. The third kappa shape index (κ3) is 3.99. The van der Waals surface area contributed by atoms with E-state index in [9.17, 15) is 8.78 Å². The minimum atomic E-state index is -0.791. The van der Waals surface area contributed by atoms with Crippen molar-refractivity contribution >= 4 is 0 Å². The number of ether oxygens (including phenoxy) is 1. The lowest BCUT2D eigenvalue weighted by Crippen LogP contribution is -2.48. The van der Waals surface area contributed by atoms with Crippen LogP contribution >= 0.6 is 0 Å².